The van der Waals surface area contributed by atoms with Gasteiger partial charge in [0.15, 0.2) is 0 Å². The summed E-state index contributed by atoms with van der Waals surface area (Å²) in [5.41, 5.74) is 10.8. The molecule has 1 aliphatic carbocycles. The van der Waals surface area contributed by atoms with E-state index >= 15 is 0 Å². The van der Waals surface area contributed by atoms with Gasteiger partial charge in [-0.2, -0.15) is 0 Å². The molecule has 0 fully saturated rings. The van der Waals surface area contributed by atoms with E-state index in [-0.39, 0.29) is 5.41 Å². The molecule has 1 nitrogen and oxygen atoms in total. The van der Waals surface area contributed by atoms with Gasteiger partial charge in [0.25, 0.3) is 0 Å². The molecule has 4 aromatic carbocycles. The second-order valence-electron chi connectivity index (χ2n) is 10.7. The fourth-order valence-corrected chi connectivity index (χ4v) is 5.37. The smallest absolute Gasteiger partial charge is 0.142 e. The van der Waals surface area contributed by atoms with Gasteiger partial charge in [-0.3, -0.25) is 0 Å². The molecule has 0 aliphatic heterocycles. The van der Waals surface area contributed by atoms with Gasteiger partial charge in [-0.15, -0.1) is 0 Å². The lowest BCUT2D eigenvalue weighted by Crippen LogP contribution is -2.13. The Morgan fingerprint density at radius 2 is 1.38 bits per heavy atom. The fraction of sp³-hybridized carbons (Fsp3) is 0.167. The van der Waals surface area contributed by atoms with Crippen molar-refractivity contribution in [2.75, 3.05) is 0 Å². The van der Waals surface area contributed by atoms with E-state index < -0.39 is 0 Å². The van der Waals surface area contributed by atoms with Crippen LogP contribution in [0.3, 0.4) is 0 Å². The molecular weight excluding hydrogens is 448 g/mol. The summed E-state index contributed by atoms with van der Waals surface area (Å²) in [5.74, 6) is 1.91. The van der Waals surface area contributed by atoms with Crippen molar-refractivity contribution in [1.82, 2.24) is 0 Å². The van der Waals surface area contributed by atoms with Crippen molar-refractivity contribution in [3.8, 4) is 44.9 Å². The maximum Gasteiger partial charge on any atom is 0.142 e. The standard InChI is InChI=1S/C36H30O/c1-36(2,3)28-22-23-31-32(24-28)34(27-18-11-6-12-19-27)37-35(31)33-29(25-14-7-4-8-15-25)20-13-21-30(33)26-16-9-5-10-17-26/h4-9,11-16,18-21,24H,22-23H2,1-3H3. The maximum atomic E-state index is 6.96. The monoisotopic (exact) mass is 478 g/mol. The molecule has 0 N–H and O–H groups in total. The Morgan fingerprint density at radius 1 is 0.676 bits per heavy atom. The van der Waals surface area contributed by atoms with Crippen molar-refractivity contribution in [2.24, 2.45) is 5.41 Å². The SMILES string of the molecule is CC(C)(C)C1=Cc2c(-c3ccccc3)oc(-c3c(-c4c#cccc4)cccc3-c3ccccc3)c2CC1. The first kappa shape index (κ1) is 23.1. The Hall–Kier alpha value is -4.28. The van der Waals surface area contributed by atoms with Gasteiger partial charge in [0, 0.05) is 33.4 Å². The lowest BCUT2D eigenvalue weighted by atomic mass is 9.77. The normalized spacial score (nSPS) is 13.0. The molecule has 180 valence electrons. The second kappa shape index (κ2) is 9.30. The van der Waals surface area contributed by atoms with Gasteiger partial charge in [0.1, 0.15) is 11.5 Å². The third-order valence-corrected chi connectivity index (χ3v) is 7.33. The number of allylic oxidation sites excluding steroid dienone is 1. The number of furan rings is 1. The van der Waals surface area contributed by atoms with Gasteiger partial charge in [0.2, 0.25) is 0 Å². The van der Waals surface area contributed by atoms with Crippen molar-refractivity contribution < 1.29 is 4.42 Å². The van der Waals surface area contributed by atoms with Crippen LogP contribution in [0.4, 0.5) is 0 Å². The van der Waals surface area contributed by atoms with Crippen LogP contribution in [0.1, 0.15) is 38.3 Å². The Labute approximate surface area is 220 Å². The highest BCUT2D eigenvalue weighted by atomic mass is 16.3. The Bertz CT molecular complexity index is 1510. The molecule has 0 atom stereocenters. The van der Waals surface area contributed by atoms with Crippen LogP contribution >= 0.6 is 0 Å². The third kappa shape index (κ3) is 4.30. The van der Waals surface area contributed by atoms with Crippen LogP contribution < -0.4 is 0 Å². The first-order valence-electron chi connectivity index (χ1n) is 13.0. The Kier molecular flexibility index (Phi) is 5.82. The lowest BCUT2D eigenvalue weighted by molar-refractivity contribution is 0.484. The number of benzene rings is 3. The van der Waals surface area contributed by atoms with E-state index in [1.54, 1.807) is 0 Å². The average molecular weight is 479 g/mol. The van der Waals surface area contributed by atoms with Gasteiger partial charge < -0.3 is 4.42 Å². The fourth-order valence-electron chi connectivity index (χ4n) is 5.37. The molecule has 5 aromatic rings. The Balaban J connectivity index is 1.68. The zero-order valence-electron chi connectivity index (χ0n) is 21.6. The summed E-state index contributed by atoms with van der Waals surface area (Å²) >= 11 is 0. The van der Waals surface area contributed by atoms with E-state index in [2.05, 4.69) is 124 Å². The van der Waals surface area contributed by atoms with Crippen LogP contribution in [-0.2, 0) is 6.42 Å². The Morgan fingerprint density at radius 3 is 2.05 bits per heavy atom. The molecule has 1 aliphatic rings. The molecule has 1 heterocycles. The van der Waals surface area contributed by atoms with Crippen molar-refractivity contribution in [2.45, 2.75) is 33.6 Å². The lowest BCUT2D eigenvalue weighted by Gasteiger charge is -2.26. The minimum atomic E-state index is 0.116. The average Bonchev–Trinajstić information content (AvgIpc) is 3.32. The molecule has 1 heteroatoms. The van der Waals surface area contributed by atoms with Crippen LogP contribution in [0.5, 0.6) is 0 Å². The first-order valence-corrected chi connectivity index (χ1v) is 13.0. The topological polar surface area (TPSA) is 13.1 Å². The molecule has 1 aromatic heterocycles. The molecule has 0 unspecified atom stereocenters. The summed E-state index contributed by atoms with van der Waals surface area (Å²) < 4.78 is 6.96. The van der Waals surface area contributed by atoms with E-state index in [1.807, 2.05) is 12.1 Å². The molecule has 0 radical (unpaired) electrons. The van der Waals surface area contributed by atoms with Gasteiger partial charge >= 0.3 is 0 Å². The number of rotatable bonds is 4. The highest BCUT2D eigenvalue weighted by molar-refractivity contribution is 5.95. The minimum absolute atomic E-state index is 0.116. The summed E-state index contributed by atoms with van der Waals surface area (Å²) in [6, 6.07) is 40.1. The van der Waals surface area contributed by atoms with Crippen LogP contribution in [0.25, 0.3) is 51.0 Å². The van der Waals surface area contributed by atoms with Crippen molar-refractivity contribution in [3.05, 3.63) is 126 Å². The quantitative estimate of drug-likeness (QED) is 0.250. The molecule has 0 spiro atoms. The highest BCUT2D eigenvalue weighted by Crippen LogP contribution is 2.49. The summed E-state index contributed by atoms with van der Waals surface area (Å²) in [6.07, 6.45) is 4.38. The van der Waals surface area contributed by atoms with E-state index in [1.165, 1.54) is 22.3 Å². The van der Waals surface area contributed by atoms with Crippen LogP contribution in [0.15, 0.2) is 107 Å². The summed E-state index contributed by atoms with van der Waals surface area (Å²) in [7, 11) is 0. The number of fused-ring (bicyclic) bond motifs is 1. The summed E-state index contributed by atoms with van der Waals surface area (Å²) in [5, 5.41) is 0. The third-order valence-electron chi connectivity index (χ3n) is 7.33. The zero-order chi connectivity index (χ0) is 25.4. The van der Waals surface area contributed by atoms with E-state index in [0.29, 0.717) is 0 Å². The van der Waals surface area contributed by atoms with Crippen LogP contribution in [-0.4, -0.2) is 0 Å². The molecule has 37 heavy (non-hydrogen) atoms. The molecular formula is C36H30O. The van der Waals surface area contributed by atoms with Crippen molar-refractivity contribution in [3.63, 3.8) is 0 Å². The van der Waals surface area contributed by atoms with Gasteiger partial charge in [-0.25, -0.2) is 0 Å². The number of hydrogen-bond donors (Lipinski definition) is 0. The molecule has 0 amide bonds. The molecule has 6 rings (SSSR count). The first-order chi connectivity index (χ1) is 18.0. The molecule has 0 saturated carbocycles. The van der Waals surface area contributed by atoms with Crippen LogP contribution in [0.2, 0.25) is 0 Å². The molecule has 0 saturated heterocycles. The second-order valence-corrected chi connectivity index (χ2v) is 10.7. The number of hydrogen-bond acceptors (Lipinski definition) is 1. The van der Waals surface area contributed by atoms with E-state index in [0.717, 1.165) is 52.2 Å². The maximum absolute atomic E-state index is 6.96. The van der Waals surface area contributed by atoms with Crippen molar-refractivity contribution in [1.29, 1.82) is 0 Å². The predicted octanol–water partition coefficient (Wildman–Crippen LogP) is 9.92. The van der Waals surface area contributed by atoms with E-state index in [4.69, 9.17) is 4.42 Å². The van der Waals surface area contributed by atoms with E-state index in [9.17, 15) is 0 Å². The van der Waals surface area contributed by atoms with Gasteiger partial charge in [-0.05, 0) is 41.5 Å². The zero-order valence-corrected chi connectivity index (χ0v) is 21.6. The summed E-state index contributed by atoms with van der Waals surface area (Å²) in [6.45, 7) is 6.91. The van der Waals surface area contributed by atoms with Gasteiger partial charge in [0.05, 0.1) is 0 Å². The van der Waals surface area contributed by atoms with Gasteiger partial charge in [-0.1, -0.05) is 129 Å². The predicted molar refractivity (Wildman–Crippen MR) is 154 cm³/mol. The highest BCUT2D eigenvalue weighted by Gasteiger charge is 2.30. The van der Waals surface area contributed by atoms with Crippen LogP contribution in [0, 0.1) is 17.5 Å². The molecule has 0 bridgehead atoms. The summed E-state index contributed by atoms with van der Waals surface area (Å²) in [4.78, 5) is 0. The largest absolute Gasteiger partial charge is 0.455 e. The minimum Gasteiger partial charge on any atom is -0.455 e. The van der Waals surface area contributed by atoms with Crippen molar-refractivity contribution >= 4 is 6.08 Å².